The Morgan fingerprint density at radius 3 is 1.92 bits per heavy atom. The molecule has 0 saturated heterocycles. The van der Waals surface area contributed by atoms with Gasteiger partial charge >= 0.3 is 0 Å². The molecular formula is C21H20O3S. The summed E-state index contributed by atoms with van der Waals surface area (Å²) in [7, 11) is -1.55. The first-order chi connectivity index (χ1) is 11.9. The Labute approximate surface area is 148 Å². The van der Waals surface area contributed by atoms with Crippen molar-refractivity contribution < 1.29 is 13.2 Å². The second kappa shape index (κ2) is 6.73. The van der Waals surface area contributed by atoms with E-state index in [-0.39, 0.29) is 0 Å². The number of benzene rings is 3. The van der Waals surface area contributed by atoms with Crippen LogP contribution in [-0.2, 0) is 9.84 Å². The van der Waals surface area contributed by atoms with Gasteiger partial charge in [0.05, 0.1) is 12.0 Å². The van der Waals surface area contributed by atoms with Gasteiger partial charge in [0.25, 0.3) is 0 Å². The van der Waals surface area contributed by atoms with Gasteiger partial charge in [-0.1, -0.05) is 42.5 Å². The Kier molecular flexibility index (Phi) is 4.64. The molecule has 0 fully saturated rings. The highest BCUT2D eigenvalue weighted by Crippen LogP contribution is 2.37. The predicted molar refractivity (Wildman–Crippen MR) is 102 cm³/mol. The van der Waals surface area contributed by atoms with E-state index >= 15 is 0 Å². The van der Waals surface area contributed by atoms with E-state index in [9.17, 15) is 8.42 Å². The molecule has 0 atom stereocenters. The van der Waals surface area contributed by atoms with Crippen molar-refractivity contribution >= 4 is 9.84 Å². The minimum absolute atomic E-state index is 0.316. The first-order valence-electron chi connectivity index (χ1n) is 7.94. The molecule has 0 amide bonds. The highest BCUT2D eigenvalue weighted by molar-refractivity contribution is 7.90. The molecule has 3 nitrogen and oxygen atoms in total. The van der Waals surface area contributed by atoms with E-state index in [2.05, 4.69) is 18.2 Å². The molecule has 0 radical (unpaired) electrons. The van der Waals surface area contributed by atoms with E-state index < -0.39 is 9.84 Å². The summed E-state index contributed by atoms with van der Waals surface area (Å²) >= 11 is 0. The van der Waals surface area contributed by atoms with Crippen molar-refractivity contribution in [3.63, 3.8) is 0 Å². The van der Waals surface area contributed by atoms with Crippen LogP contribution in [0.2, 0.25) is 0 Å². The molecule has 0 aliphatic heterocycles. The van der Waals surface area contributed by atoms with Gasteiger partial charge in [-0.05, 0) is 59.0 Å². The minimum Gasteiger partial charge on any atom is -0.496 e. The molecule has 0 unspecified atom stereocenters. The number of ether oxygens (including phenoxy) is 1. The topological polar surface area (TPSA) is 43.4 Å². The quantitative estimate of drug-likeness (QED) is 0.681. The molecule has 3 aromatic carbocycles. The fourth-order valence-electron chi connectivity index (χ4n) is 2.89. The third-order valence-corrected chi connectivity index (χ3v) is 5.34. The number of rotatable bonds is 4. The average molecular weight is 352 g/mol. The highest BCUT2D eigenvalue weighted by Gasteiger charge is 2.13. The Morgan fingerprint density at radius 1 is 0.800 bits per heavy atom. The van der Waals surface area contributed by atoms with Crippen molar-refractivity contribution in [1.29, 1.82) is 0 Å². The molecule has 0 spiro atoms. The van der Waals surface area contributed by atoms with Gasteiger partial charge < -0.3 is 4.74 Å². The van der Waals surface area contributed by atoms with Gasteiger partial charge in [0.2, 0.25) is 0 Å². The molecule has 0 heterocycles. The van der Waals surface area contributed by atoms with Crippen LogP contribution in [0.5, 0.6) is 5.75 Å². The van der Waals surface area contributed by atoms with E-state index in [4.69, 9.17) is 4.74 Å². The molecule has 3 aromatic rings. The highest BCUT2D eigenvalue weighted by atomic mass is 32.2. The van der Waals surface area contributed by atoms with Crippen LogP contribution in [-0.4, -0.2) is 21.8 Å². The van der Waals surface area contributed by atoms with Gasteiger partial charge in [-0.3, -0.25) is 0 Å². The van der Waals surface area contributed by atoms with E-state index in [0.29, 0.717) is 4.90 Å². The van der Waals surface area contributed by atoms with Crippen LogP contribution in [0.1, 0.15) is 5.56 Å². The zero-order valence-corrected chi connectivity index (χ0v) is 15.3. The zero-order chi connectivity index (χ0) is 18.0. The summed E-state index contributed by atoms with van der Waals surface area (Å²) in [6, 6.07) is 21.2. The van der Waals surface area contributed by atoms with Crippen LogP contribution in [0.25, 0.3) is 22.3 Å². The average Bonchev–Trinajstić information content (AvgIpc) is 2.61. The summed E-state index contributed by atoms with van der Waals surface area (Å²) in [5, 5.41) is 0. The summed E-state index contributed by atoms with van der Waals surface area (Å²) in [5.74, 6) is 0.807. The second-order valence-electron chi connectivity index (χ2n) is 6.03. The summed E-state index contributed by atoms with van der Waals surface area (Å²) in [4.78, 5) is 0.316. The fraction of sp³-hybridized carbons (Fsp3) is 0.143. The van der Waals surface area contributed by atoms with Crippen LogP contribution in [0.3, 0.4) is 0 Å². The van der Waals surface area contributed by atoms with Gasteiger partial charge in [0, 0.05) is 6.26 Å². The standard InChI is InChI=1S/C21H20O3S/c1-15-13-19(16-7-5-4-6-8-16)20(14-21(15)24-2)17-9-11-18(12-10-17)25(3,22)23/h4-14H,1-3H3. The normalized spacial score (nSPS) is 11.3. The molecule has 25 heavy (non-hydrogen) atoms. The molecule has 3 rings (SSSR count). The summed E-state index contributed by atoms with van der Waals surface area (Å²) < 4.78 is 28.9. The maximum absolute atomic E-state index is 11.7. The van der Waals surface area contributed by atoms with E-state index in [1.807, 2.05) is 43.3 Å². The van der Waals surface area contributed by atoms with Crippen LogP contribution in [0, 0.1) is 6.92 Å². The van der Waals surface area contributed by atoms with Gasteiger partial charge in [0.15, 0.2) is 9.84 Å². The zero-order valence-electron chi connectivity index (χ0n) is 14.5. The van der Waals surface area contributed by atoms with Gasteiger partial charge in [-0.15, -0.1) is 0 Å². The van der Waals surface area contributed by atoms with Gasteiger partial charge in [-0.2, -0.15) is 0 Å². The molecule has 0 aromatic heterocycles. The van der Waals surface area contributed by atoms with E-state index in [1.54, 1.807) is 19.2 Å². The van der Waals surface area contributed by atoms with Crippen LogP contribution in [0.4, 0.5) is 0 Å². The predicted octanol–water partition coefficient (Wildman–Crippen LogP) is 4.74. The summed E-state index contributed by atoms with van der Waals surface area (Å²) in [6.45, 7) is 2.02. The molecular weight excluding hydrogens is 332 g/mol. The van der Waals surface area contributed by atoms with Crippen molar-refractivity contribution in [3.8, 4) is 28.0 Å². The summed E-state index contributed by atoms with van der Waals surface area (Å²) in [5.41, 5.74) is 5.21. The Hall–Kier alpha value is -2.59. The first kappa shape index (κ1) is 17.2. The van der Waals surface area contributed by atoms with Gasteiger partial charge in [-0.25, -0.2) is 8.42 Å². The third kappa shape index (κ3) is 3.59. The molecule has 0 aliphatic carbocycles. The number of aryl methyl sites for hydroxylation is 1. The van der Waals surface area contributed by atoms with Crippen molar-refractivity contribution in [2.75, 3.05) is 13.4 Å². The number of hydrogen-bond donors (Lipinski definition) is 0. The molecule has 0 N–H and O–H groups in total. The van der Waals surface area contributed by atoms with Crippen molar-refractivity contribution in [2.24, 2.45) is 0 Å². The monoisotopic (exact) mass is 352 g/mol. The Morgan fingerprint density at radius 2 is 1.36 bits per heavy atom. The molecule has 0 aliphatic rings. The van der Waals surface area contributed by atoms with E-state index in [1.165, 1.54) is 6.26 Å². The lowest BCUT2D eigenvalue weighted by molar-refractivity contribution is 0.412. The summed E-state index contributed by atoms with van der Waals surface area (Å²) in [6.07, 6.45) is 1.21. The number of methoxy groups -OCH3 is 1. The smallest absolute Gasteiger partial charge is 0.175 e. The SMILES string of the molecule is COc1cc(-c2ccc(S(C)(=O)=O)cc2)c(-c2ccccc2)cc1C. The minimum atomic E-state index is -3.21. The van der Waals surface area contributed by atoms with Crippen LogP contribution >= 0.6 is 0 Å². The molecule has 0 saturated carbocycles. The first-order valence-corrected chi connectivity index (χ1v) is 9.84. The molecule has 4 heteroatoms. The maximum atomic E-state index is 11.7. The van der Waals surface area contributed by atoms with Crippen LogP contribution < -0.4 is 4.74 Å². The van der Waals surface area contributed by atoms with Crippen molar-refractivity contribution in [1.82, 2.24) is 0 Å². The fourth-order valence-corrected chi connectivity index (χ4v) is 3.52. The lowest BCUT2D eigenvalue weighted by Crippen LogP contribution is -1.97. The number of hydrogen-bond acceptors (Lipinski definition) is 3. The Balaban J connectivity index is 2.20. The molecule has 128 valence electrons. The largest absolute Gasteiger partial charge is 0.496 e. The Bertz CT molecular complexity index is 989. The number of sulfone groups is 1. The lowest BCUT2D eigenvalue weighted by atomic mass is 9.92. The van der Waals surface area contributed by atoms with Crippen molar-refractivity contribution in [2.45, 2.75) is 11.8 Å². The second-order valence-corrected chi connectivity index (χ2v) is 8.05. The van der Waals surface area contributed by atoms with Crippen LogP contribution in [0.15, 0.2) is 71.6 Å². The van der Waals surface area contributed by atoms with E-state index in [0.717, 1.165) is 33.6 Å². The third-order valence-electron chi connectivity index (χ3n) is 4.21. The molecule has 0 bridgehead atoms. The van der Waals surface area contributed by atoms with Gasteiger partial charge in [0.1, 0.15) is 5.75 Å². The van der Waals surface area contributed by atoms with Crippen molar-refractivity contribution in [3.05, 3.63) is 72.3 Å². The lowest BCUT2D eigenvalue weighted by Gasteiger charge is -2.15. The maximum Gasteiger partial charge on any atom is 0.175 e.